The van der Waals surface area contributed by atoms with Gasteiger partial charge in [0, 0.05) is 17.7 Å². The number of allylic oxidation sites excluding steroid dienone is 2. The van der Waals surface area contributed by atoms with Crippen LogP contribution in [0.1, 0.15) is 12.2 Å². The molecule has 30 heavy (non-hydrogen) atoms. The number of furan rings is 1. The van der Waals surface area contributed by atoms with Crippen molar-refractivity contribution in [3.05, 3.63) is 64.4 Å². The Balaban J connectivity index is 1.24. The SMILES string of the molecule is O=C1[C@@H]2[C@H]3C=C[C@@H]([C@@H]4C[C@H]34)[C@@H]2C(=O)N1/N=C\c1ccc(-c2cccc([N+](=O)[O-])c2)o1. The molecule has 6 atom stereocenters. The zero-order valence-electron chi connectivity index (χ0n) is 15.8. The van der Waals surface area contributed by atoms with Crippen molar-refractivity contribution in [3.8, 4) is 11.3 Å². The number of hydrazone groups is 1. The molecular weight excluding hydrogens is 386 g/mol. The van der Waals surface area contributed by atoms with Crippen LogP contribution in [0.3, 0.4) is 0 Å². The highest BCUT2D eigenvalue weighted by molar-refractivity contribution is 6.06. The molecule has 1 saturated heterocycles. The van der Waals surface area contributed by atoms with Crippen molar-refractivity contribution >= 4 is 23.7 Å². The van der Waals surface area contributed by atoms with Crippen LogP contribution in [0.25, 0.3) is 11.3 Å². The summed E-state index contributed by atoms with van der Waals surface area (Å²) in [5.41, 5.74) is 0.529. The number of carbonyl (C=O) groups is 2. The number of rotatable bonds is 4. The number of hydrogen-bond donors (Lipinski definition) is 0. The Labute approximate surface area is 171 Å². The van der Waals surface area contributed by atoms with Gasteiger partial charge in [-0.25, -0.2) is 0 Å². The van der Waals surface area contributed by atoms with Crippen LogP contribution in [0.4, 0.5) is 5.69 Å². The van der Waals surface area contributed by atoms with E-state index in [1.807, 2.05) is 0 Å². The first-order valence-electron chi connectivity index (χ1n) is 9.98. The van der Waals surface area contributed by atoms with Crippen LogP contribution in [0, 0.1) is 45.6 Å². The van der Waals surface area contributed by atoms with Crippen molar-refractivity contribution in [1.29, 1.82) is 0 Å². The zero-order chi connectivity index (χ0) is 20.6. The lowest BCUT2D eigenvalue weighted by atomic mass is 9.63. The summed E-state index contributed by atoms with van der Waals surface area (Å²) in [5, 5.41) is 16.1. The number of nitrogens with zero attached hydrogens (tertiary/aromatic N) is 3. The molecule has 3 fully saturated rings. The lowest BCUT2D eigenvalue weighted by Crippen LogP contribution is -2.40. The molecule has 2 heterocycles. The van der Waals surface area contributed by atoms with E-state index in [1.165, 1.54) is 18.3 Å². The van der Waals surface area contributed by atoms with Crippen LogP contribution in [0.15, 0.2) is 58.1 Å². The fourth-order valence-corrected chi connectivity index (χ4v) is 5.52. The zero-order valence-corrected chi connectivity index (χ0v) is 15.8. The van der Waals surface area contributed by atoms with Crippen molar-refractivity contribution in [2.24, 2.45) is 40.6 Å². The standard InChI is InChI=1S/C22H17N3O5/c26-21-19-14-5-6-15(17-9-16(14)17)20(19)22(27)24(21)23-10-13-4-7-18(30-13)11-2-1-3-12(8-11)25(28)29/h1-8,10,14-17,19-20H,9H2/b23-10-/t14-,15-,16-,17+,19-,20+/m0/s1. The average Bonchev–Trinajstić information content (AvgIpc) is 3.39. The Morgan fingerprint density at radius 1 is 1.07 bits per heavy atom. The van der Waals surface area contributed by atoms with E-state index in [0.29, 0.717) is 28.9 Å². The first-order chi connectivity index (χ1) is 14.5. The van der Waals surface area contributed by atoms with Gasteiger partial charge in [0.05, 0.1) is 23.0 Å². The van der Waals surface area contributed by atoms with Gasteiger partial charge < -0.3 is 4.42 Å². The van der Waals surface area contributed by atoms with Gasteiger partial charge in [0.15, 0.2) is 0 Å². The van der Waals surface area contributed by atoms with Crippen molar-refractivity contribution in [3.63, 3.8) is 0 Å². The minimum atomic E-state index is -0.467. The van der Waals surface area contributed by atoms with Crippen molar-refractivity contribution in [2.75, 3.05) is 0 Å². The Bertz CT molecular complexity index is 1130. The third-order valence-electron chi connectivity index (χ3n) is 6.91. The topological polar surface area (TPSA) is 106 Å². The van der Waals surface area contributed by atoms with E-state index in [2.05, 4.69) is 17.3 Å². The molecule has 5 aliphatic rings. The number of imide groups is 1. The second-order valence-electron chi connectivity index (χ2n) is 8.40. The molecule has 0 N–H and O–H groups in total. The average molecular weight is 403 g/mol. The van der Waals surface area contributed by atoms with Crippen LogP contribution < -0.4 is 0 Å². The minimum Gasteiger partial charge on any atom is -0.455 e. The maximum Gasteiger partial charge on any atom is 0.270 e. The number of nitro benzene ring substituents is 1. The van der Waals surface area contributed by atoms with Gasteiger partial charge in [0.2, 0.25) is 0 Å². The highest BCUT2D eigenvalue weighted by atomic mass is 16.6. The first-order valence-corrected chi connectivity index (χ1v) is 9.98. The molecule has 2 aromatic rings. The number of benzene rings is 1. The molecule has 8 heteroatoms. The summed E-state index contributed by atoms with van der Waals surface area (Å²) in [5.74, 6) is 1.18. The van der Waals surface area contributed by atoms with Crippen LogP contribution in [-0.2, 0) is 9.59 Å². The molecule has 4 aliphatic carbocycles. The van der Waals surface area contributed by atoms with Gasteiger partial charge in [-0.15, -0.1) is 0 Å². The molecule has 150 valence electrons. The fraction of sp³-hybridized carbons (Fsp3) is 0.318. The molecule has 1 aromatic heterocycles. The third-order valence-corrected chi connectivity index (χ3v) is 6.91. The van der Waals surface area contributed by atoms with Gasteiger partial charge >= 0.3 is 0 Å². The Morgan fingerprint density at radius 3 is 2.43 bits per heavy atom. The molecule has 2 amide bonds. The van der Waals surface area contributed by atoms with Crippen LogP contribution in [0.5, 0.6) is 0 Å². The smallest absolute Gasteiger partial charge is 0.270 e. The van der Waals surface area contributed by atoms with Gasteiger partial charge in [-0.3, -0.25) is 19.7 Å². The van der Waals surface area contributed by atoms with Gasteiger partial charge in [-0.2, -0.15) is 10.1 Å². The quantitative estimate of drug-likeness (QED) is 0.256. The maximum absolute atomic E-state index is 12.9. The number of hydrogen-bond acceptors (Lipinski definition) is 6. The second kappa shape index (κ2) is 5.98. The third kappa shape index (κ3) is 2.36. The summed E-state index contributed by atoms with van der Waals surface area (Å²) >= 11 is 0. The molecule has 2 saturated carbocycles. The Kier molecular flexibility index (Phi) is 3.45. The van der Waals surface area contributed by atoms with Crippen molar-refractivity contribution < 1.29 is 18.9 Å². The van der Waals surface area contributed by atoms with Gasteiger partial charge in [0.1, 0.15) is 11.5 Å². The lowest BCUT2D eigenvalue weighted by molar-refractivity contribution is -0.384. The summed E-state index contributed by atoms with van der Waals surface area (Å²) in [4.78, 5) is 36.3. The van der Waals surface area contributed by atoms with Crippen LogP contribution >= 0.6 is 0 Å². The first kappa shape index (κ1) is 17.3. The van der Waals surface area contributed by atoms with E-state index < -0.39 is 4.92 Å². The summed E-state index contributed by atoms with van der Waals surface area (Å²) in [6.45, 7) is 0. The predicted molar refractivity (Wildman–Crippen MR) is 105 cm³/mol. The molecule has 2 bridgehead atoms. The predicted octanol–water partition coefficient (Wildman–Crippen LogP) is 3.24. The highest BCUT2D eigenvalue weighted by Gasteiger charge is 2.67. The van der Waals surface area contributed by atoms with E-state index in [0.717, 1.165) is 11.4 Å². The van der Waals surface area contributed by atoms with E-state index in [1.54, 1.807) is 24.3 Å². The van der Waals surface area contributed by atoms with Crippen molar-refractivity contribution in [1.82, 2.24) is 5.01 Å². The summed E-state index contributed by atoms with van der Waals surface area (Å²) in [6, 6.07) is 9.44. The molecule has 1 aromatic carbocycles. The monoisotopic (exact) mass is 403 g/mol. The Hall–Kier alpha value is -3.55. The molecular formula is C22H17N3O5. The van der Waals surface area contributed by atoms with Gasteiger partial charge in [-0.1, -0.05) is 24.3 Å². The summed E-state index contributed by atoms with van der Waals surface area (Å²) < 4.78 is 5.70. The Morgan fingerprint density at radius 2 is 1.77 bits per heavy atom. The van der Waals surface area contributed by atoms with Gasteiger partial charge in [-0.05, 0) is 42.2 Å². The number of carbonyl (C=O) groups excluding carboxylic acids is 2. The molecule has 8 nitrogen and oxygen atoms in total. The molecule has 0 spiro atoms. The lowest BCUT2D eigenvalue weighted by Gasteiger charge is -2.37. The van der Waals surface area contributed by atoms with E-state index >= 15 is 0 Å². The maximum atomic E-state index is 12.9. The van der Waals surface area contributed by atoms with Crippen LogP contribution in [0.2, 0.25) is 0 Å². The van der Waals surface area contributed by atoms with Crippen molar-refractivity contribution in [2.45, 2.75) is 6.42 Å². The molecule has 7 rings (SSSR count). The summed E-state index contributed by atoms with van der Waals surface area (Å²) in [6.07, 6.45) is 6.71. The molecule has 1 aliphatic heterocycles. The van der Waals surface area contributed by atoms with E-state index in [9.17, 15) is 19.7 Å². The number of nitro groups is 1. The fourth-order valence-electron chi connectivity index (χ4n) is 5.52. The van der Waals surface area contributed by atoms with E-state index in [4.69, 9.17) is 4.42 Å². The number of amides is 2. The number of non-ortho nitro benzene ring substituents is 1. The molecule has 0 radical (unpaired) electrons. The second-order valence-corrected chi connectivity index (χ2v) is 8.40. The minimum absolute atomic E-state index is 0.0312. The van der Waals surface area contributed by atoms with Gasteiger partial charge in [0.25, 0.3) is 17.5 Å². The summed E-state index contributed by atoms with van der Waals surface area (Å²) in [7, 11) is 0. The highest BCUT2D eigenvalue weighted by Crippen LogP contribution is 2.65. The largest absolute Gasteiger partial charge is 0.455 e. The molecule has 0 unspecified atom stereocenters. The van der Waals surface area contributed by atoms with Crippen LogP contribution in [-0.4, -0.2) is 28.0 Å². The normalized spacial score (nSPS) is 33.3. The van der Waals surface area contributed by atoms with E-state index in [-0.39, 0.29) is 41.2 Å².